The Morgan fingerprint density at radius 1 is 1.07 bits per heavy atom. The Morgan fingerprint density at radius 3 is 2.38 bits per heavy atom. The topological polar surface area (TPSA) is 89.5 Å². The van der Waals surface area contributed by atoms with Crippen molar-refractivity contribution in [2.75, 3.05) is 40.0 Å². The number of hydrogen-bond donors (Lipinski definition) is 1. The van der Waals surface area contributed by atoms with Gasteiger partial charge in [0.1, 0.15) is 11.5 Å². The van der Waals surface area contributed by atoms with Crippen LogP contribution in [0.25, 0.3) is 0 Å². The van der Waals surface area contributed by atoms with Crippen LogP contribution in [-0.2, 0) is 9.53 Å². The van der Waals surface area contributed by atoms with E-state index in [9.17, 15) is 9.59 Å². The number of esters is 1. The van der Waals surface area contributed by atoms with Crippen LogP contribution in [0.1, 0.15) is 15.9 Å². The zero-order valence-electron chi connectivity index (χ0n) is 16.2. The minimum absolute atomic E-state index is 0.173. The molecule has 2 aromatic carbocycles. The minimum Gasteiger partial charge on any atom is -0.497 e. The number of carbonyl (C=O) groups excluding carboxylic acids is 2. The summed E-state index contributed by atoms with van der Waals surface area (Å²) in [7, 11) is 1.56. The van der Waals surface area contributed by atoms with E-state index in [-0.39, 0.29) is 5.91 Å². The van der Waals surface area contributed by atoms with Crippen molar-refractivity contribution in [2.24, 2.45) is 5.10 Å². The van der Waals surface area contributed by atoms with Crippen LogP contribution in [0.2, 0.25) is 0 Å². The summed E-state index contributed by atoms with van der Waals surface area (Å²) in [6, 6.07) is 13.5. The third kappa shape index (κ3) is 6.41. The number of amides is 1. The van der Waals surface area contributed by atoms with Crippen LogP contribution in [0.5, 0.6) is 11.5 Å². The lowest BCUT2D eigenvalue weighted by Gasteiger charge is -2.25. The summed E-state index contributed by atoms with van der Waals surface area (Å²) < 4.78 is 15.7. The number of nitrogens with zero attached hydrogens (tertiary/aromatic N) is 2. The van der Waals surface area contributed by atoms with Gasteiger partial charge in [-0.05, 0) is 54.1 Å². The molecule has 8 heteroatoms. The Morgan fingerprint density at radius 2 is 1.72 bits per heavy atom. The smallest absolute Gasteiger partial charge is 0.343 e. The average Bonchev–Trinajstić information content (AvgIpc) is 2.75. The van der Waals surface area contributed by atoms with Crippen molar-refractivity contribution in [3.63, 3.8) is 0 Å². The van der Waals surface area contributed by atoms with Crippen LogP contribution in [0, 0.1) is 0 Å². The number of carbonyl (C=O) groups is 2. The van der Waals surface area contributed by atoms with Gasteiger partial charge >= 0.3 is 5.97 Å². The maximum absolute atomic E-state index is 12.2. The number of benzene rings is 2. The van der Waals surface area contributed by atoms with Crippen molar-refractivity contribution in [3.05, 3.63) is 59.7 Å². The van der Waals surface area contributed by atoms with Crippen LogP contribution in [0.4, 0.5) is 0 Å². The Balaban J connectivity index is 1.46. The van der Waals surface area contributed by atoms with E-state index in [2.05, 4.69) is 10.5 Å². The molecule has 0 atom stereocenters. The fourth-order valence-electron chi connectivity index (χ4n) is 2.69. The molecular weight excluding hydrogens is 374 g/mol. The molecule has 1 fully saturated rings. The van der Waals surface area contributed by atoms with E-state index >= 15 is 0 Å². The molecule has 2 aromatic rings. The second-order valence-corrected chi connectivity index (χ2v) is 6.37. The van der Waals surface area contributed by atoms with Gasteiger partial charge in [-0.15, -0.1) is 0 Å². The molecule has 1 aliphatic rings. The third-order valence-electron chi connectivity index (χ3n) is 4.29. The van der Waals surface area contributed by atoms with Crippen LogP contribution < -0.4 is 14.9 Å². The standard InChI is InChI=1S/C21H23N3O5/c1-27-18-8-4-17(5-9-18)21(26)29-19-6-2-16(3-7-19)14-22-23-20(25)15-24-10-12-28-13-11-24/h2-9,14H,10-13,15H2,1H3,(H,23,25)/b22-14-. The van der Waals surface area contributed by atoms with E-state index in [4.69, 9.17) is 14.2 Å². The van der Waals surface area contributed by atoms with Crippen molar-refractivity contribution in [1.29, 1.82) is 0 Å². The monoisotopic (exact) mass is 397 g/mol. The molecule has 1 heterocycles. The minimum atomic E-state index is -0.454. The molecule has 0 spiro atoms. The van der Waals surface area contributed by atoms with Crippen molar-refractivity contribution in [2.45, 2.75) is 0 Å². The van der Waals surface area contributed by atoms with Gasteiger partial charge in [-0.2, -0.15) is 5.10 Å². The zero-order valence-corrected chi connectivity index (χ0v) is 16.2. The largest absolute Gasteiger partial charge is 0.497 e. The number of hydrazone groups is 1. The van der Waals surface area contributed by atoms with E-state index in [1.165, 1.54) is 6.21 Å². The molecule has 0 radical (unpaired) electrons. The van der Waals surface area contributed by atoms with E-state index in [0.717, 1.165) is 18.7 Å². The molecule has 8 nitrogen and oxygen atoms in total. The molecule has 1 saturated heterocycles. The highest BCUT2D eigenvalue weighted by Crippen LogP contribution is 2.16. The molecular formula is C21H23N3O5. The maximum Gasteiger partial charge on any atom is 0.343 e. The number of rotatable bonds is 7. The summed E-state index contributed by atoms with van der Waals surface area (Å²) in [6.07, 6.45) is 1.53. The summed E-state index contributed by atoms with van der Waals surface area (Å²) in [5, 5.41) is 3.96. The van der Waals surface area contributed by atoms with Crippen molar-refractivity contribution < 1.29 is 23.8 Å². The maximum atomic E-state index is 12.2. The van der Waals surface area contributed by atoms with E-state index in [1.807, 2.05) is 4.90 Å². The molecule has 0 unspecified atom stereocenters. The van der Waals surface area contributed by atoms with Gasteiger partial charge in [0.05, 0.1) is 38.6 Å². The van der Waals surface area contributed by atoms with E-state index in [1.54, 1.807) is 55.6 Å². The number of hydrogen-bond acceptors (Lipinski definition) is 7. The first-order chi connectivity index (χ1) is 14.1. The van der Waals surface area contributed by atoms with Crippen LogP contribution in [0.3, 0.4) is 0 Å². The molecule has 0 saturated carbocycles. The fourth-order valence-corrected chi connectivity index (χ4v) is 2.69. The van der Waals surface area contributed by atoms with E-state index < -0.39 is 5.97 Å². The van der Waals surface area contributed by atoms with E-state index in [0.29, 0.717) is 36.8 Å². The molecule has 0 aliphatic carbocycles. The van der Waals surface area contributed by atoms with Crippen molar-refractivity contribution in [3.8, 4) is 11.5 Å². The average molecular weight is 397 g/mol. The number of methoxy groups -OCH3 is 1. The summed E-state index contributed by atoms with van der Waals surface area (Å²) in [4.78, 5) is 26.1. The Bertz CT molecular complexity index is 844. The molecule has 1 N–H and O–H groups in total. The molecule has 0 aromatic heterocycles. The van der Waals surface area contributed by atoms with Crippen LogP contribution in [0.15, 0.2) is 53.6 Å². The van der Waals surface area contributed by atoms with Crippen LogP contribution >= 0.6 is 0 Å². The first-order valence-corrected chi connectivity index (χ1v) is 9.22. The quantitative estimate of drug-likeness (QED) is 0.331. The second kappa shape index (κ2) is 10.4. The van der Waals surface area contributed by atoms with Gasteiger partial charge in [0.15, 0.2) is 0 Å². The zero-order chi connectivity index (χ0) is 20.5. The molecule has 3 rings (SSSR count). The van der Waals surface area contributed by atoms with Gasteiger partial charge in [-0.1, -0.05) is 0 Å². The highest BCUT2D eigenvalue weighted by molar-refractivity contribution is 5.91. The van der Waals surface area contributed by atoms with Crippen molar-refractivity contribution >= 4 is 18.1 Å². The molecule has 1 aliphatic heterocycles. The summed E-state index contributed by atoms with van der Waals surface area (Å²) in [5.74, 6) is 0.458. The first-order valence-electron chi connectivity index (χ1n) is 9.22. The number of ether oxygens (including phenoxy) is 3. The Kier molecular flexibility index (Phi) is 7.32. The lowest BCUT2D eigenvalue weighted by Crippen LogP contribution is -2.42. The summed E-state index contributed by atoms with van der Waals surface area (Å²) >= 11 is 0. The summed E-state index contributed by atoms with van der Waals surface area (Å²) in [5.41, 5.74) is 3.70. The molecule has 29 heavy (non-hydrogen) atoms. The lowest BCUT2D eigenvalue weighted by molar-refractivity contribution is -0.123. The van der Waals surface area contributed by atoms with Gasteiger partial charge in [0.25, 0.3) is 5.91 Å². The predicted octanol–water partition coefficient (Wildman–Crippen LogP) is 1.70. The summed E-state index contributed by atoms with van der Waals surface area (Å²) in [6.45, 7) is 3.07. The number of nitrogens with one attached hydrogen (secondary N) is 1. The third-order valence-corrected chi connectivity index (χ3v) is 4.29. The highest BCUT2D eigenvalue weighted by Gasteiger charge is 2.13. The van der Waals surface area contributed by atoms with Gasteiger partial charge in [-0.3, -0.25) is 9.69 Å². The fraction of sp³-hybridized carbons (Fsp3) is 0.286. The van der Waals surface area contributed by atoms with Gasteiger partial charge in [0, 0.05) is 13.1 Å². The van der Waals surface area contributed by atoms with Crippen LogP contribution in [-0.4, -0.2) is 62.9 Å². The Hall–Kier alpha value is -3.23. The Labute approximate surface area is 169 Å². The second-order valence-electron chi connectivity index (χ2n) is 6.37. The van der Waals surface area contributed by atoms with Gasteiger partial charge in [0.2, 0.25) is 0 Å². The van der Waals surface area contributed by atoms with Gasteiger partial charge in [-0.25, -0.2) is 10.2 Å². The lowest BCUT2D eigenvalue weighted by atomic mass is 10.2. The normalized spacial score (nSPS) is 14.5. The van der Waals surface area contributed by atoms with Crippen molar-refractivity contribution in [1.82, 2.24) is 10.3 Å². The highest BCUT2D eigenvalue weighted by atomic mass is 16.5. The molecule has 1 amide bonds. The first kappa shape index (κ1) is 20.5. The molecule has 0 bridgehead atoms. The number of morpholine rings is 1. The van der Waals surface area contributed by atoms with Gasteiger partial charge < -0.3 is 14.2 Å². The predicted molar refractivity (Wildman–Crippen MR) is 107 cm³/mol. The molecule has 152 valence electrons. The SMILES string of the molecule is COc1ccc(C(=O)Oc2ccc(/C=N\NC(=O)CN3CCOCC3)cc2)cc1.